The van der Waals surface area contributed by atoms with Crippen LogP contribution in [0.3, 0.4) is 0 Å². The van der Waals surface area contributed by atoms with Crippen LogP contribution in [0.1, 0.15) is 32.9 Å². The van der Waals surface area contributed by atoms with Crippen LogP contribution in [0.4, 0.5) is 0 Å². The van der Waals surface area contributed by atoms with Crippen molar-refractivity contribution in [3.63, 3.8) is 0 Å². The van der Waals surface area contributed by atoms with Gasteiger partial charge in [0, 0.05) is 31.0 Å². The van der Waals surface area contributed by atoms with Crippen LogP contribution in [0.25, 0.3) is 0 Å². The van der Waals surface area contributed by atoms with Gasteiger partial charge in [-0.1, -0.05) is 48.5 Å². The highest BCUT2D eigenvalue weighted by molar-refractivity contribution is 5.94. The van der Waals surface area contributed by atoms with E-state index in [2.05, 4.69) is 32.6 Å². The van der Waals surface area contributed by atoms with Gasteiger partial charge in [0.1, 0.15) is 5.82 Å². The Bertz CT molecular complexity index is 1110. The van der Waals surface area contributed by atoms with Gasteiger partial charge in [-0.2, -0.15) is 0 Å². The van der Waals surface area contributed by atoms with Gasteiger partial charge in [-0.25, -0.2) is 4.68 Å². The highest BCUT2D eigenvalue weighted by Crippen LogP contribution is 2.13. The average molecular weight is 412 g/mol. The van der Waals surface area contributed by atoms with Gasteiger partial charge >= 0.3 is 0 Å². The quantitative estimate of drug-likeness (QED) is 0.444. The topological polar surface area (TPSA) is 76.8 Å². The molecule has 7 heteroatoms. The number of aromatic nitrogens is 5. The molecule has 4 aromatic rings. The maximum Gasteiger partial charge on any atom is 0.254 e. The van der Waals surface area contributed by atoms with E-state index >= 15 is 0 Å². The summed E-state index contributed by atoms with van der Waals surface area (Å²) in [4.78, 5) is 19.4. The molecule has 0 aliphatic carbocycles. The van der Waals surface area contributed by atoms with Crippen molar-refractivity contribution in [1.29, 1.82) is 0 Å². The second-order valence-electron chi connectivity index (χ2n) is 7.40. The highest BCUT2D eigenvalue weighted by atomic mass is 16.2. The lowest BCUT2D eigenvalue weighted by Gasteiger charge is -2.23. The van der Waals surface area contributed by atoms with Crippen LogP contribution in [-0.4, -0.2) is 42.5 Å². The number of carbonyl (C=O) groups excluding carboxylic acids is 1. The number of amides is 1. The van der Waals surface area contributed by atoms with Crippen molar-refractivity contribution < 1.29 is 4.79 Å². The molecule has 0 atom stereocenters. The van der Waals surface area contributed by atoms with Gasteiger partial charge in [0.2, 0.25) is 0 Å². The van der Waals surface area contributed by atoms with Crippen LogP contribution in [0.2, 0.25) is 0 Å². The first-order valence-electron chi connectivity index (χ1n) is 10.2. The Kier molecular flexibility index (Phi) is 6.42. The fourth-order valence-corrected chi connectivity index (χ4v) is 3.38. The Morgan fingerprint density at radius 1 is 0.935 bits per heavy atom. The Morgan fingerprint density at radius 2 is 1.71 bits per heavy atom. The summed E-state index contributed by atoms with van der Waals surface area (Å²) >= 11 is 0. The molecule has 0 spiro atoms. The first kappa shape index (κ1) is 20.4. The summed E-state index contributed by atoms with van der Waals surface area (Å²) in [7, 11) is 0. The third-order valence-corrected chi connectivity index (χ3v) is 5.14. The molecule has 0 fully saturated rings. The zero-order chi connectivity index (χ0) is 21.5. The molecule has 0 bridgehead atoms. The van der Waals surface area contributed by atoms with Gasteiger partial charge < -0.3 is 4.90 Å². The summed E-state index contributed by atoms with van der Waals surface area (Å²) in [5.74, 6) is 0.758. The molecule has 0 unspecified atom stereocenters. The van der Waals surface area contributed by atoms with E-state index in [9.17, 15) is 4.79 Å². The fraction of sp³-hybridized carbons (Fsp3) is 0.208. The number of hydrogen-bond donors (Lipinski definition) is 0. The smallest absolute Gasteiger partial charge is 0.254 e. The lowest BCUT2D eigenvalue weighted by atomic mass is 10.1. The van der Waals surface area contributed by atoms with Crippen LogP contribution in [0.15, 0.2) is 79.1 Å². The van der Waals surface area contributed by atoms with Crippen molar-refractivity contribution in [1.82, 2.24) is 30.1 Å². The molecule has 31 heavy (non-hydrogen) atoms. The van der Waals surface area contributed by atoms with Crippen LogP contribution in [0, 0.1) is 6.92 Å². The number of rotatable bonds is 8. The van der Waals surface area contributed by atoms with E-state index in [0.717, 1.165) is 23.4 Å². The summed E-state index contributed by atoms with van der Waals surface area (Å²) in [6, 6.07) is 21.7. The van der Waals surface area contributed by atoms with E-state index in [-0.39, 0.29) is 5.91 Å². The van der Waals surface area contributed by atoms with Crippen LogP contribution in [0.5, 0.6) is 0 Å². The second kappa shape index (κ2) is 9.75. The normalized spacial score (nSPS) is 10.7. The molecular weight excluding hydrogens is 388 g/mol. The molecule has 2 heterocycles. The van der Waals surface area contributed by atoms with E-state index in [1.54, 1.807) is 17.1 Å². The van der Waals surface area contributed by atoms with Gasteiger partial charge in [0.05, 0.1) is 6.54 Å². The molecular formula is C24H24N6O. The second-order valence-corrected chi connectivity index (χ2v) is 7.40. The SMILES string of the molecule is Cc1nnnn1Cc1ccc(C(=O)N(CCc2ccccc2)Cc2cccnc2)cc1. The minimum Gasteiger partial charge on any atom is -0.334 e. The van der Waals surface area contributed by atoms with E-state index in [1.165, 1.54) is 5.56 Å². The molecule has 1 amide bonds. The van der Waals surface area contributed by atoms with Crippen molar-refractivity contribution in [2.75, 3.05) is 6.54 Å². The Morgan fingerprint density at radius 3 is 2.39 bits per heavy atom. The Balaban J connectivity index is 1.49. The Hall–Kier alpha value is -3.87. The first-order chi connectivity index (χ1) is 15.2. The molecule has 2 aromatic carbocycles. The Labute approximate surface area is 181 Å². The third-order valence-electron chi connectivity index (χ3n) is 5.14. The van der Waals surface area contributed by atoms with Crippen LogP contribution >= 0.6 is 0 Å². The van der Waals surface area contributed by atoms with Crippen molar-refractivity contribution in [3.05, 3.63) is 107 Å². The van der Waals surface area contributed by atoms with E-state index in [4.69, 9.17) is 0 Å². The largest absolute Gasteiger partial charge is 0.334 e. The average Bonchev–Trinajstić information content (AvgIpc) is 3.22. The molecule has 0 aliphatic heterocycles. The van der Waals surface area contributed by atoms with Crippen molar-refractivity contribution >= 4 is 5.91 Å². The van der Waals surface area contributed by atoms with Crippen molar-refractivity contribution in [2.45, 2.75) is 26.4 Å². The van der Waals surface area contributed by atoms with Gasteiger partial charge in [0.25, 0.3) is 5.91 Å². The molecule has 156 valence electrons. The number of nitrogens with zero attached hydrogens (tertiary/aromatic N) is 6. The molecule has 2 aromatic heterocycles. The summed E-state index contributed by atoms with van der Waals surface area (Å²) in [5, 5.41) is 11.5. The highest BCUT2D eigenvalue weighted by Gasteiger charge is 2.16. The predicted octanol–water partition coefficient (Wildman–Crippen LogP) is 3.31. The molecule has 0 radical (unpaired) electrons. The minimum absolute atomic E-state index is 0.00457. The number of tetrazole rings is 1. The minimum atomic E-state index is 0.00457. The monoisotopic (exact) mass is 412 g/mol. The van der Waals surface area contributed by atoms with Gasteiger partial charge in [0.15, 0.2) is 0 Å². The molecule has 0 N–H and O–H groups in total. The number of aryl methyl sites for hydroxylation is 1. The zero-order valence-corrected chi connectivity index (χ0v) is 17.4. The molecule has 0 aliphatic rings. The number of carbonyl (C=O) groups is 1. The number of benzene rings is 2. The number of pyridine rings is 1. The third kappa shape index (κ3) is 5.39. The van der Waals surface area contributed by atoms with Crippen LogP contribution < -0.4 is 0 Å². The standard InChI is InChI=1S/C24H24N6O/c1-19-26-27-28-30(19)18-21-9-11-23(12-10-21)24(31)29(17-22-8-5-14-25-16-22)15-13-20-6-3-2-4-7-20/h2-12,14,16H,13,15,17-18H2,1H3. The summed E-state index contributed by atoms with van der Waals surface area (Å²) in [6.45, 7) is 3.58. The van der Waals surface area contributed by atoms with Gasteiger partial charge in [-0.3, -0.25) is 9.78 Å². The van der Waals surface area contributed by atoms with Gasteiger partial charge in [-0.15, -0.1) is 5.10 Å². The molecule has 7 nitrogen and oxygen atoms in total. The van der Waals surface area contributed by atoms with Gasteiger partial charge in [-0.05, 0) is 58.7 Å². The fourth-order valence-electron chi connectivity index (χ4n) is 3.38. The van der Waals surface area contributed by atoms with E-state index in [1.807, 2.05) is 66.4 Å². The summed E-state index contributed by atoms with van der Waals surface area (Å²) in [5.41, 5.74) is 3.91. The maximum atomic E-state index is 13.3. The molecule has 4 rings (SSSR count). The maximum absolute atomic E-state index is 13.3. The van der Waals surface area contributed by atoms with E-state index in [0.29, 0.717) is 25.2 Å². The molecule has 0 saturated carbocycles. The molecule has 0 saturated heterocycles. The van der Waals surface area contributed by atoms with Crippen LogP contribution in [-0.2, 0) is 19.5 Å². The zero-order valence-electron chi connectivity index (χ0n) is 17.4. The van der Waals surface area contributed by atoms with Crippen molar-refractivity contribution in [3.8, 4) is 0 Å². The number of hydrogen-bond acceptors (Lipinski definition) is 5. The predicted molar refractivity (Wildman–Crippen MR) is 117 cm³/mol. The lowest BCUT2D eigenvalue weighted by molar-refractivity contribution is 0.0745. The summed E-state index contributed by atoms with van der Waals surface area (Å²) in [6.07, 6.45) is 4.34. The van der Waals surface area contributed by atoms with Crippen molar-refractivity contribution in [2.24, 2.45) is 0 Å². The summed E-state index contributed by atoms with van der Waals surface area (Å²) < 4.78 is 1.73. The first-order valence-corrected chi connectivity index (χ1v) is 10.2. The van der Waals surface area contributed by atoms with E-state index < -0.39 is 0 Å². The lowest BCUT2D eigenvalue weighted by Crippen LogP contribution is -2.32.